The van der Waals surface area contributed by atoms with Gasteiger partial charge in [-0.3, -0.25) is 0 Å². The predicted molar refractivity (Wildman–Crippen MR) is 68.7 cm³/mol. The standard InChI is InChI=1S/C12H15BrClFO/c1-9(4-6-14)5-7-16-10-2-3-12(15)11(13)8-10/h2-3,8-9H,4-7H2,1H3. The van der Waals surface area contributed by atoms with Crippen molar-refractivity contribution in [3.8, 4) is 5.75 Å². The second kappa shape index (κ2) is 7.13. The van der Waals surface area contributed by atoms with Crippen LogP contribution >= 0.6 is 27.5 Å². The highest BCUT2D eigenvalue weighted by molar-refractivity contribution is 9.10. The van der Waals surface area contributed by atoms with E-state index in [4.69, 9.17) is 16.3 Å². The molecule has 0 spiro atoms. The lowest BCUT2D eigenvalue weighted by atomic mass is 10.1. The van der Waals surface area contributed by atoms with Gasteiger partial charge in [0.25, 0.3) is 0 Å². The van der Waals surface area contributed by atoms with Crippen molar-refractivity contribution >= 4 is 27.5 Å². The molecule has 0 aliphatic rings. The van der Waals surface area contributed by atoms with Crippen LogP contribution in [0, 0.1) is 11.7 Å². The number of alkyl halides is 1. The zero-order valence-electron chi connectivity index (χ0n) is 9.18. The van der Waals surface area contributed by atoms with Crippen LogP contribution in [0.2, 0.25) is 0 Å². The van der Waals surface area contributed by atoms with E-state index in [0.29, 0.717) is 28.6 Å². The maximum atomic E-state index is 12.9. The minimum Gasteiger partial charge on any atom is -0.494 e. The van der Waals surface area contributed by atoms with Crippen LogP contribution in [0.5, 0.6) is 5.75 Å². The van der Waals surface area contributed by atoms with E-state index in [1.165, 1.54) is 6.07 Å². The van der Waals surface area contributed by atoms with Crippen LogP contribution < -0.4 is 4.74 Å². The molecule has 1 unspecified atom stereocenters. The lowest BCUT2D eigenvalue weighted by Crippen LogP contribution is -2.04. The van der Waals surface area contributed by atoms with E-state index < -0.39 is 0 Å². The average Bonchev–Trinajstić information content (AvgIpc) is 2.24. The van der Waals surface area contributed by atoms with Crippen molar-refractivity contribution in [1.82, 2.24) is 0 Å². The SMILES string of the molecule is CC(CCCl)CCOc1ccc(F)c(Br)c1. The molecule has 0 aliphatic heterocycles. The second-order valence-electron chi connectivity index (χ2n) is 3.80. The molecule has 0 amide bonds. The first-order chi connectivity index (χ1) is 7.63. The molecule has 0 aliphatic carbocycles. The molecule has 90 valence electrons. The summed E-state index contributed by atoms with van der Waals surface area (Å²) < 4.78 is 18.9. The molecule has 1 aromatic rings. The quantitative estimate of drug-likeness (QED) is 0.697. The Labute approximate surface area is 109 Å². The Balaban J connectivity index is 2.34. The molecule has 1 nitrogen and oxygen atoms in total. The summed E-state index contributed by atoms with van der Waals surface area (Å²) in [6.07, 6.45) is 1.96. The molecule has 16 heavy (non-hydrogen) atoms. The Bertz CT molecular complexity index is 333. The normalized spacial score (nSPS) is 12.5. The van der Waals surface area contributed by atoms with Crippen molar-refractivity contribution in [3.05, 3.63) is 28.5 Å². The molecular weight excluding hydrogens is 294 g/mol. The van der Waals surface area contributed by atoms with Gasteiger partial charge in [0, 0.05) is 5.88 Å². The summed E-state index contributed by atoms with van der Waals surface area (Å²) in [5, 5.41) is 0. The number of ether oxygens (including phenoxy) is 1. The van der Waals surface area contributed by atoms with Crippen LogP contribution in [0.15, 0.2) is 22.7 Å². The van der Waals surface area contributed by atoms with Crippen LogP contribution in [0.4, 0.5) is 4.39 Å². The monoisotopic (exact) mass is 308 g/mol. The molecule has 0 saturated heterocycles. The summed E-state index contributed by atoms with van der Waals surface area (Å²) in [6, 6.07) is 4.66. The fourth-order valence-electron chi connectivity index (χ4n) is 1.28. The first-order valence-corrected chi connectivity index (χ1v) is 6.60. The van der Waals surface area contributed by atoms with Gasteiger partial charge in [0.05, 0.1) is 11.1 Å². The van der Waals surface area contributed by atoms with Gasteiger partial charge in [-0.2, -0.15) is 0 Å². The van der Waals surface area contributed by atoms with Gasteiger partial charge in [0.2, 0.25) is 0 Å². The van der Waals surface area contributed by atoms with Gasteiger partial charge in [-0.25, -0.2) is 4.39 Å². The number of hydrogen-bond donors (Lipinski definition) is 0. The molecule has 4 heteroatoms. The first-order valence-electron chi connectivity index (χ1n) is 5.27. The lowest BCUT2D eigenvalue weighted by molar-refractivity contribution is 0.281. The van der Waals surface area contributed by atoms with E-state index in [2.05, 4.69) is 22.9 Å². The maximum Gasteiger partial charge on any atom is 0.137 e. The number of rotatable bonds is 6. The van der Waals surface area contributed by atoms with E-state index in [1.807, 2.05) is 0 Å². The molecule has 1 rings (SSSR count). The summed E-state index contributed by atoms with van der Waals surface area (Å²) in [7, 11) is 0. The first kappa shape index (κ1) is 13.8. The Morgan fingerprint density at radius 1 is 1.44 bits per heavy atom. The van der Waals surface area contributed by atoms with Crippen LogP contribution in [0.3, 0.4) is 0 Å². The van der Waals surface area contributed by atoms with Gasteiger partial charge < -0.3 is 4.74 Å². The third-order valence-corrected chi connectivity index (χ3v) is 3.20. The van der Waals surface area contributed by atoms with Crippen LogP contribution in [-0.2, 0) is 0 Å². The zero-order chi connectivity index (χ0) is 12.0. The van der Waals surface area contributed by atoms with Crippen molar-refractivity contribution in [1.29, 1.82) is 0 Å². The second-order valence-corrected chi connectivity index (χ2v) is 5.03. The van der Waals surface area contributed by atoms with Gasteiger partial charge in [0.1, 0.15) is 11.6 Å². The van der Waals surface area contributed by atoms with Gasteiger partial charge in [-0.1, -0.05) is 6.92 Å². The van der Waals surface area contributed by atoms with Crippen LogP contribution in [0.25, 0.3) is 0 Å². The van der Waals surface area contributed by atoms with Crippen molar-refractivity contribution in [2.24, 2.45) is 5.92 Å². The number of halogens is 3. The van der Waals surface area contributed by atoms with Crippen molar-refractivity contribution in [3.63, 3.8) is 0 Å². The molecule has 0 radical (unpaired) electrons. The summed E-state index contributed by atoms with van der Waals surface area (Å²) >= 11 is 8.76. The fraction of sp³-hybridized carbons (Fsp3) is 0.500. The van der Waals surface area contributed by atoms with Crippen molar-refractivity contribution in [2.45, 2.75) is 19.8 Å². The fourth-order valence-corrected chi connectivity index (χ4v) is 2.01. The average molecular weight is 310 g/mol. The molecule has 0 aromatic heterocycles. The molecule has 0 saturated carbocycles. The third kappa shape index (κ3) is 4.71. The minimum atomic E-state index is -0.275. The number of benzene rings is 1. The molecule has 0 bridgehead atoms. The summed E-state index contributed by atoms with van der Waals surface area (Å²) in [5.41, 5.74) is 0. The van der Waals surface area contributed by atoms with Gasteiger partial charge in [0.15, 0.2) is 0 Å². The largest absolute Gasteiger partial charge is 0.494 e. The highest BCUT2D eigenvalue weighted by Gasteiger charge is 2.03. The summed E-state index contributed by atoms with van der Waals surface area (Å²) in [5.74, 6) is 1.65. The van der Waals surface area contributed by atoms with Crippen molar-refractivity contribution in [2.75, 3.05) is 12.5 Å². The number of hydrogen-bond acceptors (Lipinski definition) is 1. The molecule has 0 fully saturated rings. The molecular formula is C12H15BrClFO. The highest BCUT2D eigenvalue weighted by Crippen LogP contribution is 2.22. The predicted octanol–water partition coefficient (Wildman–Crippen LogP) is 4.62. The lowest BCUT2D eigenvalue weighted by Gasteiger charge is -2.11. The van der Waals surface area contributed by atoms with E-state index in [1.54, 1.807) is 12.1 Å². The van der Waals surface area contributed by atoms with E-state index >= 15 is 0 Å². The van der Waals surface area contributed by atoms with E-state index in [0.717, 1.165) is 12.8 Å². The summed E-state index contributed by atoms with van der Waals surface area (Å²) in [6.45, 7) is 2.78. The van der Waals surface area contributed by atoms with Crippen molar-refractivity contribution < 1.29 is 9.13 Å². The third-order valence-electron chi connectivity index (χ3n) is 2.37. The summed E-state index contributed by atoms with van der Waals surface area (Å²) in [4.78, 5) is 0. The smallest absolute Gasteiger partial charge is 0.137 e. The van der Waals surface area contributed by atoms with Crippen LogP contribution in [0.1, 0.15) is 19.8 Å². The molecule has 1 aromatic carbocycles. The Morgan fingerprint density at radius 3 is 2.81 bits per heavy atom. The Hall–Kier alpha value is -0.280. The van der Waals surface area contributed by atoms with Gasteiger partial charge in [-0.05, 0) is 52.9 Å². The van der Waals surface area contributed by atoms with Gasteiger partial charge >= 0.3 is 0 Å². The van der Waals surface area contributed by atoms with Gasteiger partial charge in [-0.15, -0.1) is 11.6 Å². The van der Waals surface area contributed by atoms with E-state index in [9.17, 15) is 4.39 Å². The maximum absolute atomic E-state index is 12.9. The topological polar surface area (TPSA) is 9.23 Å². The van der Waals surface area contributed by atoms with E-state index in [-0.39, 0.29) is 5.82 Å². The minimum absolute atomic E-state index is 0.275. The molecule has 0 heterocycles. The molecule has 1 atom stereocenters. The molecule has 0 N–H and O–H groups in total. The van der Waals surface area contributed by atoms with Crippen LogP contribution in [-0.4, -0.2) is 12.5 Å². The Morgan fingerprint density at radius 2 is 2.19 bits per heavy atom. The Kier molecular flexibility index (Phi) is 6.14. The zero-order valence-corrected chi connectivity index (χ0v) is 11.5. The highest BCUT2D eigenvalue weighted by atomic mass is 79.9.